The fourth-order valence-electron chi connectivity index (χ4n) is 0. The van der Waals surface area contributed by atoms with Crippen LogP contribution in [0.2, 0.25) is 0 Å². The molecule has 0 aliphatic heterocycles. The average Bonchev–Trinajstić information content (AvgIpc) is 0. The van der Waals surface area contributed by atoms with Gasteiger partial charge in [-0.1, -0.05) is 0 Å². The first-order chi connectivity index (χ1) is 0. The second kappa shape index (κ2) is 72.6. The first kappa shape index (κ1) is 104. The van der Waals surface area contributed by atoms with E-state index in [4.69, 9.17) is 0 Å². The number of hydrogen-bond donors (Lipinski definition) is 0. The number of hydrogen-bond acceptors (Lipinski definition) is 0. The molecule has 0 aromatic heterocycles. The molecule has 0 atom stereocenters. The maximum absolute atomic E-state index is 0. The fourth-order valence-corrected chi connectivity index (χ4v) is 0. The molecule has 0 heterocycles. The Hall–Kier alpha value is 2.63. The van der Waals surface area contributed by atoms with Gasteiger partial charge in [0.15, 0.2) is 0 Å². The second-order valence-electron chi connectivity index (χ2n) is 0. The van der Waals surface area contributed by atoms with E-state index in [1.807, 2.05) is 0 Å². The van der Waals surface area contributed by atoms with E-state index >= 15 is 0 Å². The summed E-state index contributed by atoms with van der Waals surface area (Å²) in [6, 6.07) is 0. The third kappa shape index (κ3) is 54.8. The fraction of sp³-hybridized carbons (Fsp3) is 0. The molecule has 0 bridgehead atoms. The smallest absolute Gasteiger partial charge is 0 e. The Morgan fingerprint density at radius 3 is 0.571 bits per heavy atom. The van der Waals surface area contributed by atoms with E-state index in [0.717, 1.165) is 0 Å². The first-order valence-corrected chi connectivity index (χ1v) is 0. The standard InChI is InChI=1S/La.4H2O.Ti.Zr/h;4*1H2;;. The Morgan fingerprint density at radius 1 is 0.571 bits per heavy atom. The summed E-state index contributed by atoms with van der Waals surface area (Å²) in [7, 11) is 0. The molecule has 8 N–H and O–H groups in total. The second-order valence-corrected chi connectivity index (χ2v) is 0. The molecule has 0 amide bonds. The quantitative estimate of drug-likeness (QED) is 0.406. The van der Waals surface area contributed by atoms with E-state index in [1.54, 1.807) is 0 Å². The minimum Gasteiger partial charge on any atom is -0.412 e. The van der Waals surface area contributed by atoms with Gasteiger partial charge in [-0.15, -0.1) is 0 Å². The van der Waals surface area contributed by atoms with Crippen LogP contribution >= 0.6 is 0 Å². The summed E-state index contributed by atoms with van der Waals surface area (Å²) in [5.74, 6) is 0. The van der Waals surface area contributed by atoms with Crippen molar-refractivity contribution in [2.45, 2.75) is 0 Å². The van der Waals surface area contributed by atoms with Gasteiger partial charge in [0.05, 0.1) is 0 Å². The van der Waals surface area contributed by atoms with Crippen LogP contribution < -0.4 is 0 Å². The van der Waals surface area contributed by atoms with Crippen molar-refractivity contribution in [3.05, 3.63) is 0 Å². The SMILES string of the molecule is O.O.O.O.[La].[Ti].[Zr]. The summed E-state index contributed by atoms with van der Waals surface area (Å²) >= 11 is 0. The predicted molar refractivity (Wildman–Crippen MR) is 14.5 cm³/mol. The van der Waals surface area contributed by atoms with Gasteiger partial charge in [0.25, 0.3) is 0 Å². The van der Waals surface area contributed by atoms with E-state index in [-0.39, 0.29) is 105 Å². The Labute approximate surface area is 104 Å². The van der Waals surface area contributed by atoms with Gasteiger partial charge in [-0.2, -0.15) is 0 Å². The van der Waals surface area contributed by atoms with Gasteiger partial charge in [-0.25, -0.2) is 0 Å². The van der Waals surface area contributed by atoms with Crippen molar-refractivity contribution in [1.29, 1.82) is 0 Å². The Balaban J connectivity index is 0. The molecule has 1 radical (unpaired) electrons. The molecule has 0 rings (SSSR count). The normalized spacial score (nSPS) is 0. The Kier molecular flexibility index (Phi) is 1070. The molecule has 43 valence electrons. The van der Waals surface area contributed by atoms with E-state index in [9.17, 15) is 0 Å². The zero-order chi connectivity index (χ0) is 0. The monoisotopic (exact) mass is 349 g/mol. The molecular formula is H8LaO4TiZr. The maximum atomic E-state index is 0. The Bertz CT molecular complexity index is 11.7. The van der Waals surface area contributed by atoms with Crippen molar-refractivity contribution in [2.24, 2.45) is 0 Å². The molecule has 0 saturated carbocycles. The minimum atomic E-state index is 0. The van der Waals surface area contributed by atoms with E-state index in [1.165, 1.54) is 0 Å². The zero-order valence-electron chi connectivity index (χ0n) is 3.58. The van der Waals surface area contributed by atoms with E-state index in [0.29, 0.717) is 0 Å². The van der Waals surface area contributed by atoms with Crippen LogP contribution in [0.1, 0.15) is 0 Å². The summed E-state index contributed by atoms with van der Waals surface area (Å²) in [4.78, 5) is 0. The molecule has 0 aromatic carbocycles. The molecule has 0 aromatic rings. The van der Waals surface area contributed by atoms with Crippen molar-refractivity contribution in [3.8, 4) is 0 Å². The van der Waals surface area contributed by atoms with Crippen LogP contribution in [0.3, 0.4) is 0 Å². The molecule has 0 unspecified atom stereocenters. The van der Waals surface area contributed by atoms with Crippen LogP contribution in [-0.2, 0) is 47.9 Å². The van der Waals surface area contributed by atoms with Crippen molar-refractivity contribution >= 4 is 0 Å². The van der Waals surface area contributed by atoms with Gasteiger partial charge >= 0.3 is 0 Å². The van der Waals surface area contributed by atoms with Crippen LogP contribution in [0.25, 0.3) is 0 Å². The van der Waals surface area contributed by atoms with Crippen molar-refractivity contribution in [1.82, 2.24) is 0 Å². The van der Waals surface area contributed by atoms with Crippen molar-refractivity contribution in [2.75, 3.05) is 0 Å². The molecule has 0 aliphatic carbocycles. The minimum absolute atomic E-state index is 0. The predicted octanol–water partition coefficient (Wildman–Crippen LogP) is -3.30. The van der Waals surface area contributed by atoms with Gasteiger partial charge in [0, 0.05) is 83.5 Å². The third-order valence-corrected chi connectivity index (χ3v) is 0. The van der Waals surface area contributed by atoms with Gasteiger partial charge in [-0.3, -0.25) is 0 Å². The topological polar surface area (TPSA) is 126 Å². The largest absolute Gasteiger partial charge is 0.412 e. The van der Waals surface area contributed by atoms with Gasteiger partial charge < -0.3 is 21.9 Å². The first-order valence-electron chi connectivity index (χ1n) is 0. The maximum Gasteiger partial charge on any atom is 0 e. The molecule has 4 nitrogen and oxygen atoms in total. The van der Waals surface area contributed by atoms with Gasteiger partial charge in [0.2, 0.25) is 0 Å². The van der Waals surface area contributed by atoms with Crippen LogP contribution in [0.4, 0.5) is 0 Å². The van der Waals surface area contributed by atoms with E-state index in [2.05, 4.69) is 0 Å². The zero-order valence-corrected chi connectivity index (χ0v) is 11.2. The van der Waals surface area contributed by atoms with Crippen molar-refractivity contribution < 1.29 is 105 Å². The van der Waals surface area contributed by atoms with Gasteiger partial charge in [0.1, 0.15) is 0 Å². The number of rotatable bonds is 0. The molecule has 7 heteroatoms. The van der Waals surface area contributed by atoms with Crippen molar-refractivity contribution in [3.63, 3.8) is 0 Å². The molecular weight excluding hydrogens is 342 g/mol. The Morgan fingerprint density at radius 2 is 0.571 bits per heavy atom. The molecule has 0 fully saturated rings. The summed E-state index contributed by atoms with van der Waals surface area (Å²) < 4.78 is 0. The molecule has 0 spiro atoms. The summed E-state index contributed by atoms with van der Waals surface area (Å²) in [6.07, 6.45) is 0. The summed E-state index contributed by atoms with van der Waals surface area (Å²) in [5, 5.41) is 0. The van der Waals surface area contributed by atoms with Gasteiger partial charge in [-0.05, 0) is 0 Å². The molecule has 0 aliphatic rings. The van der Waals surface area contributed by atoms with Crippen LogP contribution in [-0.4, -0.2) is 21.9 Å². The molecule has 7 heavy (non-hydrogen) atoms. The summed E-state index contributed by atoms with van der Waals surface area (Å²) in [6.45, 7) is 0. The van der Waals surface area contributed by atoms with Crippen LogP contribution in [0.5, 0.6) is 0 Å². The van der Waals surface area contributed by atoms with Crippen LogP contribution in [0.15, 0.2) is 0 Å². The molecule has 0 saturated heterocycles. The average molecular weight is 350 g/mol. The third-order valence-electron chi connectivity index (χ3n) is 0. The van der Waals surface area contributed by atoms with E-state index < -0.39 is 0 Å². The van der Waals surface area contributed by atoms with Crippen LogP contribution in [0, 0.1) is 35.6 Å². The summed E-state index contributed by atoms with van der Waals surface area (Å²) in [5.41, 5.74) is 0.